The van der Waals surface area contributed by atoms with Crippen molar-refractivity contribution in [3.63, 3.8) is 0 Å². The number of nitrogens with one attached hydrogen (secondary N) is 1. The zero-order valence-electron chi connectivity index (χ0n) is 24.5. The van der Waals surface area contributed by atoms with Crippen molar-refractivity contribution in [1.82, 2.24) is 14.9 Å². The molecule has 2 heterocycles. The summed E-state index contributed by atoms with van der Waals surface area (Å²) in [7, 11) is 0. The minimum absolute atomic E-state index is 0.290. The van der Waals surface area contributed by atoms with Gasteiger partial charge < -0.3 is 20.7 Å². The van der Waals surface area contributed by atoms with E-state index in [1.807, 2.05) is 30.3 Å². The van der Waals surface area contributed by atoms with Crippen LogP contribution >= 0.6 is 0 Å². The number of aliphatic hydroxyl groups is 1. The van der Waals surface area contributed by atoms with Crippen molar-refractivity contribution >= 4 is 5.91 Å². The topological polar surface area (TPSA) is 93.2 Å². The van der Waals surface area contributed by atoms with Crippen LogP contribution in [-0.4, -0.2) is 32.6 Å². The van der Waals surface area contributed by atoms with Crippen LogP contribution in [-0.2, 0) is 17.6 Å². The van der Waals surface area contributed by atoms with Gasteiger partial charge in [-0.1, -0.05) is 48.5 Å². The number of β-amino-alcohol motifs (C(OH)–C–C–N with tert-alkyl or cyclic N) is 1. The number of benzene rings is 2. The Labute approximate surface area is 238 Å². The first-order chi connectivity index (χ1) is 18.9. The Morgan fingerprint density at radius 2 is 1.68 bits per heavy atom. The van der Waals surface area contributed by atoms with Crippen molar-refractivity contribution in [3.05, 3.63) is 118 Å². The second kappa shape index (κ2) is 12.2. The van der Waals surface area contributed by atoms with Crippen LogP contribution in [0.25, 0.3) is 5.82 Å². The fourth-order valence-electron chi connectivity index (χ4n) is 5.38. The number of nitrogens with two attached hydrogens (primary N) is 1. The van der Waals surface area contributed by atoms with Gasteiger partial charge >= 0.3 is 0 Å². The number of hydrogen-bond donors (Lipinski definition) is 3. The second-order valence-electron chi connectivity index (χ2n) is 11.6. The molecule has 6 heteroatoms. The molecule has 0 aliphatic heterocycles. The fraction of sp³-hybridized carbons (Fsp3) is 0.353. The molecular formula is C34H42N4O2. The van der Waals surface area contributed by atoms with Gasteiger partial charge in [0.2, 0.25) is 5.91 Å². The molecule has 0 aliphatic carbocycles. The molecule has 0 bridgehead atoms. The standard InChI is InChI=1S/C34H42N4O2/c1-22-9-7-11-27(25(22)4)18-30(33(35)40)28-12-8-10-26(17-28)19-34(5,6)37-21-31(39)29-15-16-32(36-20-29)38-23(2)13-14-24(38)3/h7-17,20,30-31,37,39H,18-19,21H2,1-6H3,(H2,35,40)/t30?,31-/m0/s1. The van der Waals surface area contributed by atoms with Crippen LogP contribution in [0.1, 0.15) is 70.6 Å². The third-order valence-corrected chi connectivity index (χ3v) is 7.91. The van der Waals surface area contributed by atoms with Crippen molar-refractivity contribution in [1.29, 1.82) is 0 Å². The maximum Gasteiger partial charge on any atom is 0.225 e. The Balaban J connectivity index is 1.41. The molecule has 1 amide bonds. The van der Waals surface area contributed by atoms with Crippen molar-refractivity contribution in [3.8, 4) is 5.82 Å². The first-order valence-electron chi connectivity index (χ1n) is 13.9. The van der Waals surface area contributed by atoms with E-state index in [-0.39, 0.29) is 11.4 Å². The molecule has 0 radical (unpaired) electrons. The smallest absolute Gasteiger partial charge is 0.225 e. The maximum atomic E-state index is 12.5. The van der Waals surface area contributed by atoms with Gasteiger partial charge in [-0.05, 0) is 100 Å². The molecule has 2 aromatic heterocycles. The molecule has 2 aromatic carbocycles. The highest BCUT2D eigenvalue weighted by Gasteiger charge is 2.23. The van der Waals surface area contributed by atoms with Gasteiger partial charge in [0.05, 0.1) is 12.0 Å². The molecule has 0 spiro atoms. The first kappa shape index (κ1) is 29.2. The van der Waals surface area contributed by atoms with Gasteiger partial charge in [-0.3, -0.25) is 4.79 Å². The zero-order chi connectivity index (χ0) is 29.0. The summed E-state index contributed by atoms with van der Waals surface area (Å²) in [6.45, 7) is 12.9. The minimum atomic E-state index is -0.684. The van der Waals surface area contributed by atoms with E-state index in [0.29, 0.717) is 13.0 Å². The lowest BCUT2D eigenvalue weighted by Gasteiger charge is -2.28. The predicted octanol–water partition coefficient (Wildman–Crippen LogP) is 5.56. The van der Waals surface area contributed by atoms with Gasteiger partial charge in [0.1, 0.15) is 5.82 Å². The molecule has 210 valence electrons. The van der Waals surface area contributed by atoms with Gasteiger partial charge in [-0.2, -0.15) is 0 Å². The Kier molecular flexibility index (Phi) is 8.92. The summed E-state index contributed by atoms with van der Waals surface area (Å²) in [5, 5.41) is 14.4. The summed E-state index contributed by atoms with van der Waals surface area (Å²) >= 11 is 0. The fourth-order valence-corrected chi connectivity index (χ4v) is 5.38. The summed E-state index contributed by atoms with van der Waals surface area (Å²) in [5.74, 6) is 0.129. The van der Waals surface area contributed by atoms with E-state index in [9.17, 15) is 9.90 Å². The van der Waals surface area contributed by atoms with E-state index < -0.39 is 12.0 Å². The first-order valence-corrected chi connectivity index (χ1v) is 13.9. The van der Waals surface area contributed by atoms with E-state index in [2.05, 4.69) is 92.8 Å². The van der Waals surface area contributed by atoms with Crippen LogP contribution in [0.3, 0.4) is 0 Å². The molecule has 6 nitrogen and oxygen atoms in total. The lowest BCUT2D eigenvalue weighted by molar-refractivity contribution is -0.119. The largest absolute Gasteiger partial charge is 0.387 e. The average molecular weight is 539 g/mol. The highest BCUT2D eigenvalue weighted by Crippen LogP contribution is 2.26. The molecular weight excluding hydrogens is 496 g/mol. The van der Waals surface area contributed by atoms with Gasteiger partial charge in [0, 0.05) is 35.2 Å². The van der Waals surface area contributed by atoms with Gasteiger partial charge in [0.15, 0.2) is 0 Å². The molecule has 1 unspecified atom stereocenters. The van der Waals surface area contributed by atoms with Crippen LogP contribution in [0.2, 0.25) is 0 Å². The summed E-state index contributed by atoms with van der Waals surface area (Å²) in [4.78, 5) is 17.1. The molecule has 0 aliphatic rings. The van der Waals surface area contributed by atoms with Crippen LogP contribution in [0, 0.1) is 27.7 Å². The number of primary amides is 1. The monoisotopic (exact) mass is 538 g/mol. The SMILES string of the molecule is Cc1cccc(CC(C(N)=O)c2cccc(CC(C)(C)NC[C@H](O)c3ccc(-n4c(C)ccc4C)nc3)c2)c1C. The number of aliphatic hydroxyl groups excluding tert-OH is 1. The van der Waals surface area contributed by atoms with Crippen molar-refractivity contribution < 1.29 is 9.90 Å². The van der Waals surface area contributed by atoms with Crippen LogP contribution < -0.4 is 11.1 Å². The molecule has 0 saturated heterocycles. The number of rotatable bonds is 11. The van der Waals surface area contributed by atoms with Crippen LogP contribution in [0.15, 0.2) is 72.9 Å². The number of aromatic nitrogens is 2. The Morgan fingerprint density at radius 1 is 0.975 bits per heavy atom. The maximum absolute atomic E-state index is 12.5. The van der Waals surface area contributed by atoms with Gasteiger partial charge in [-0.25, -0.2) is 4.98 Å². The van der Waals surface area contributed by atoms with Crippen molar-refractivity contribution in [2.75, 3.05) is 6.54 Å². The molecule has 2 atom stereocenters. The van der Waals surface area contributed by atoms with E-state index in [1.165, 1.54) is 11.1 Å². The molecule has 4 aromatic rings. The van der Waals surface area contributed by atoms with E-state index in [4.69, 9.17) is 5.73 Å². The Bertz CT molecular complexity index is 1450. The predicted molar refractivity (Wildman–Crippen MR) is 162 cm³/mol. The second-order valence-corrected chi connectivity index (χ2v) is 11.6. The third kappa shape index (κ3) is 6.87. The molecule has 0 fully saturated rings. The van der Waals surface area contributed by atoms with Gasteiger partial charge in [0.25, 0.3) is 0 Å². The number of aryl methyl sites for hydroxylation is 3. The number of pyridine rings is 1. The van der Waals surface area contributed by atoms with Crippen LogP contribution in [0.4, 0.5) is 0 Å². The molecule has 0 saturated carbocycles. The summed E-state index contributed by atoms with van der Waals surface area (Å²) in [6.07, 6.45) is 2.37. The number of nitrogens with zero attached hydrogens (tertiary/aromatic N) is 2. The number of carbonyl (C=O) groups is 1. The minimum Gasteiger partial charge on any atom is -0.387 e. The van der Waals surface area contributed by atoms with Crippen LogP contribution in [0.5, 0.6) is 0 Å². The molecule has 4 N–H and O–H groups in total. The number of amides is 1. The highest BCUT2D eigenvalue weighted by molar-refractivity contribution is 5.82. The summed E-state index contributed by atoms with van der Waals surface area (Å²) < 4.78 is 2.09. The normalized spacial score (nSPS) is 13.3. The van der Waals surface area contributed by atoms with E-state index in [0.717, 1.165) is 45.9 Å². The van der Waals surface area contributed by atoms with E-state index >= 15 is 0 Å². The number of hydrogen-bond acceptors (Lipinski definition) is 4. The molecule has 4 rings (SSSR count). The lowest BCUT2D eigenvalue weighted by Crippen LogP contribution is -2.43. The Morgan fingerprint density at radius 3 is 2.33 bits per heavy atom. The quantitative estimate of drug-likeness (QED) is 0.233. The third-order valence-electron chi connectivity index (χ3n) is 7.91. The van der Waals surface area contributed by atoms with Gasteiger partial charge in [-0.15, -0.1) is 0 Å². The Hall–Kier alpha value is -3.74. The van der Waals surface area contributed by atoms with E-state index in [1.54, 1.807) is 6.20 Å². The lowest BCUT2D eigenvalue weighted by atomic mass is 9.86. The van der Waals surface area contributed by atoms with Crippen molar-refractivity contribution in [2.45, 2.75) is 71.9 Å². The summed E-state index contributed by atoms with van der Waals surface area (Å²) in [6, 6.07) is 22.4. The average Bonchev–Trinajstić information content (AvgIpc) is 3.25. The number of carbonyl (C=O) groups excluding carboxylic acids is 1. The zero-order valence-corrected chi connectivity index (χ0v) is 24.5. The molecule has 40 heavy (non-hydrogen) atoms. The summed E-state index contributed by atoms with van der Waals surface area (Å²) in [5.41, 5.74) is 14.2. The van der Waals surface area contributed by atoms with Crippen molar-refractivity contribution in [2.24, 2.45) is 5.73 Å². The highest BCUT2D eigenvalue weighted by atomic mass is 16.3.